The highest BCUT2D eigenvalue weighted by molar-refractivity contribution is 5.89. The van der Waals surface area contributed by atoms with E-state index >= 15 is 0 Å². The molecule has 1 heterocycles. The van der Waals surface area contributed by atoms with E-state index in [9.17, 15) is 25.2 Å². The normalized spacial score (nSPS) is 17.3. The predicted molar refractivity (Wildman–Crippen MR) is 109 cm³/mol. The van der Waals surface area contributed by atoms with Crippen LogP contribution in [0.3, 0.4) is 0 Å². The molecule has 0 bridgehead atoms. The zero-order valence-corrected chi connectivity index (χ0v) is 16.5. The third kappa shape index (κ3) is 3.87. The number of hydrogen-bond acceptors (Lipinski definition) is 8. The number of phenols is 4. The topological polar surface area (TPSA) is 126 Å². The summed E-state index contributed by atoms with van der Waals surface area (Å²) in [6.07, 6.45) is -1.53. The molecule has 4 N–H and O–H groups in total. The van der Waals surface area contributed by atoms with Crippen molar-refractivity contribution in [3.63, 3.8) is 0 Å². The summed E-state index contributed by atoms with van der Waals surface area (Å²) in [5, 5.41) is 39.6. The maximum atomic E-state index is 12.7. The van der Waals surface area contributed by atoms with Gasteiger partial charge in [-0.25, -0.2) is 4.79 Å². The van der Waals surface area contributed by atoms with Crippen molar-refractivity contribution in [1.29, 1.82) is 0 Å². The van der Waals surface area contributed by atoms with Gasteiger partial charge in [0, 0.05) is 17.5 Å². The minimum atomic E-state index is -0.908. The molecular formula is C23H20O8. The molecule has 0 saturated heterocycles. The largest absolute Gasteiger partial charge is 0.504 e. The smallest absolute Gasteiger partial charge is 0.338 e. The second-order valence-electron chi connectivity index (χ2n) is 7.08. The number of carbonyl (C=O) groups excluding carboxylic acids is 1. The van der Waals surface area contributed by atoms with E-state index < -0.39 is 23.9 Å². The number of benzene rings is 3. The zero-order chi connectivity index (χ0) is 22.1. The standard InChI is InChI=1S/C23H20O8/c1-29-15-6-2-12(3-7-15)23(28)30-19-11-14-5-9-17(25)20(27)22(14)31-21(19)13-4-8-16(24)18(26)10-13/h2-10,19,21,24-27H,11H2,1H3/t19-,21+/m1/s1. The lowest BCUT2D eigenvalue weighted by atomic mass is 9.93. The molecule has 2 atom stereocenters. The molecule has 3 aromatic rings. The molecule has 1 aliphatic heterocycles. The van der Waals surface area contributed by atoms with E-state index in [0.717, 1.165) is 0 Å². The Kier molecular flexibility index (Phi) is 5.21. The van der Waals surface area contributed by atoms with Crippen LogP contribution in [-0.4, -0.2) is 39.6 Å². The van der Waals surface area contributed by atoms with Crippen LogP contribution in [0.15, 0.2) is 54.6 Å². The summed E-state index contributed by atoms with van der Waals surface area (Å²) in [5.74, 6) is -1.38. The molecule has 1 aliphatic rings. The van der Waals surface area contributed by atoms with Crippen molar-refractivity contribution in [3.05, 3.63) is 71.3 Å². The number of aromatic hydroxyl groups is 4. The quantitative estimate of drug-likeness (QED) is 0.371. The van der Waals surface area contributed by atoms with Crippen molar-refractivity contribution < 1.29 is 39.4 Å². The Morgan fingerprint density at radius 3 is 2.32 bits per heavy atom. The predicted octanol–water partition coefficient (Wildman–Crippen LogP) is 3.42. The first-order valence-corrected chi connectivity index (χ1v) is 9.44. The lowest BCUT2D eigenvalue weighted by Gasteiger charge is -2.34. The zero-order valence-electron chi connectivity index (χ0n) is 16.5. The highest BCUT2D eigenvalue weighted by Gasteiger charge is 2.37. The van der Waals surface area contributed by atoms with Crippen LogP contribution in [-0.2, 0) is 11.2 Å². The van der Waals surface area contributed by atoms with Gasteiger partial charge in [-0.2, -0.15) is 0 Å². The first kappa shape index (κ1) is 20.2. The molecule has 160 valence electrons. The van der Waals surface area contributed by atoms with E-state index in [1.807, 2.05) is 0 Å². The van der Waals surface area contributed by atoms with E-state index in [1.54, 1.807) is 30.3 Å². The maximum Gasteiger partial charge on any atom is 0.338 e. The van der Waals surface area contributed by atoms with Crippen molar-refractivity contribution in [1.82, 2.24) is 0 Å². The summed E-state index contributed by atoms with van der Waals surface area (Å²) in [6.45, 7) is 0. The molecule has 0 unspecified atom stereocenters. The Morgan fingerprint density at radius 2 is 1.65 bits per heavy atom. The Hall–Kier alpha value is -4.07. The fraction of sp³-hybridized carbons (Fsp3) is 0.174. The summed E-state index contributed by atoms with van der Waals surface area (Å²) in [6, 6.07) is 13.4. The van der Waals surface area contributed by atoms with Crippen molar-refractivity contribution in [2.45, 2.75) is 18.6 Å². The molecular weight excluding hydrogens is 404 g/mol. The number of fused-ring (bicyclic) bond motifs is 1. The number of rotatable bonds is 4. The van der Waals surface area contributed by atoms with Crippen LogP contribution in [0.5, 0.6) is 34.5 Å². The fourth-order valence-corrected chi connectivity index (χ4v) is 3.46. The van der Waals surface area contributed by atoms with E-state index in [4.69, 9.17) is 14.2 Å². The molecule has 8 nitrogen and oxygen atoms in total. The van der Waals surface area contributed by atoms with Crippen molar-refractivity contribution in [3.8, 4) is 34.5 Å². The van der Waals surface area contributed by atoms with E-state index in [-0.39, 0.29) is 29.4 Å². The van der Waals surface area contributed by atoms with Gasteiger partial charge in [0.05, 0.1) is 12.7 Å². The minimum Gasteiger partial charge on any atom is -0.504 e. The maximum absolute atomic E-state index is 12.7. The Bertz CT molecular complexity index is 1120. The van der Waals surface area contributed by atoms with Crippen molar-refractivity contribution >= 4 is 5.97 Å². The summed E-state index contributed by atoms with van der Waals surface area (Å²) < 4.78 is 16.7. The molecule has 8 heteroatoms. The summed E-state index contributed by atoms with van der Waals surface area (Å²) >= 11 is 0. The van der Waals surface area contributed by atoms with Gasteiger partial charge in [0.25, 0.3) is 0 Å². The average molecular weight is 424 g/mol. The molecule has 0 amide bonds. The number of phenolic OH excluding ortho intramolecular Hbond substituents is 4. The molecule has 4 rings (SSSR count). The van der Waals surface area contributed by atoms with Crippen molar-refractivity contribution in [2.24, 2.45) is 0 Å². The first-order chi connectivity index (χ1) is 14.9. The molecule has 3 aromatic carbocycles. The van der Waals surface area contributed by atoms with Gasteiger partial charge in [-0.3, -0.25) is 0 Å². The van der Waals surface area contributed by atoms with Crippen LogP contribution in [0.1, 0.15) is 27.6 Å². The van der Waals surface area contributed by atoms with Crippen LogP contribution in [0.25, 0.3) is 0 Å². The number of carbonyl (C=O) groups is 1. The second-order valence-corrected chi connectivity index (χ2v) is 7.08. The first-order valence-electron chi connectivity index (χ1n) is 9.44. The summed E-state index contributed by atoms with van der Waals surface area (Å²) in [4.78, 5) is 12.7. The molecule has 0 aliphatic carbocycles. The van der Waals surface area contributed by atoms with Crippen molar-refractivity contribution in [2.75, 3.05) is 7.11 Å². The van der Waals surface area contributed by atoms with Gasteiger partial charge in [0.2, 0.25) is 5.75 Å². The Morgan fingerprint density at radius 1 is 0.935 bits per heavy atom. The number of esters is 1. The van der Waals surface area contributed by atoms with E-state index in [1.165, 1.54) is 31.4 Å². The highest BCUT2D eigenvalue weighted by atomic mass is 16.6. The Labute approximate surface area is 177 Å². The lowest BCUT2D eigenvalue weighted by molar-refractivity contribution is -0.0192. The Balaban J connectivity index is 1.68. The molecule has 0 spiro atoms. The number of hydrogen-bond donors (Lipinski definition) is 4. The van der Waals surface area contributed by atoms with Crippen LogP contribution >= 0.6 is 0 Å². The van der Waals surface area contributed by atoms with E-state index in [0.29, 0.717) is 22.4 Å². The van der Waals surface area contributed by atoms with Crippen LogP contribution in [0.2, 0.25) is 0 Å². The fourth-order valence-electron chi connectivity index (χ4n) is 3.46. The third-order valence-electron chi connectivity index (χ3n) is 5.11. The average Bonchev–Trinajstić information content (AvgIpc) is 2.78. The van der Waals surface area contributed by atoms with Gasteiger partial charge >= 0.3 is 5.97 Å². The van der Waals surface area contributed by atoms with Gasteiger partial charge in [0.15, 0.2) is 29.1 Å². The number of ether oxygens (including phenoxy) is 3. The minimum absolute atomic E-state index is 0.0642. The highest BCUT2D eigenvalue weighted by Crippen LogP contribution is 2.46. The molecule has 0 fully saturated rings. The van der Waals surface area contributed by atoms with Gasteiger partial charge < -0.3 is 34.6 Å². The van der Waals surface area contributed by atoms with Crippen LogP contribution in [0, 0.1) is 0 Å². The lowest BCUT2D eigenvalue weighted by Crippen LogP contribution is -2.34. The second kappa shape index (κ2) is 7.98. The molecule has 31 heavy (non-hydrogen) atoms. The molecule has 0 radical (unpaired) electrons. The molecule has 0 aromatic heterocycles. The number of methoxy groups -OCH3 is 1. The van der Waals surface area contributed by atoms with Gasteiger partial charge in [-0.15, -0.1) is 0 Å². The molecule has 0 saturated carbocycles. The van der Waals surface area contributed by atoms with Crippen LogP contribution in [0.4, 0.5) is 0 Å². The van der Waals surface area contributed by atoms with Crippen LogP contribution < -0.4 is 9.47 Å². The SMILES string of the molecule is COc1ccc(C(=O)O[C@@H]2Cc3ccc(O)c(O)c3O[C@H]2c2ccc(O)c(O)c2)cc1. The monoisotopic (exact) mass is 424 g/mol. The summed E-state index contributed by atoms with van der Waals surface area (Å²) in [7, 11) is 1.52. The van der Waals surface area contributed by atoms with Gasteiger partial charge in [-0.05, 0) is 42.5 Å². The third-order valence-corrected chi connectivity index (χ3v) is 5.11. The summed E-state index contributed by atoms with van der Waals surface area (Å²) in [5.41, 5.74) is 1.27. The van der Waals surface area contributed by atoms with Gasteiger partial charge in [0.1, 0.15) is 11.9 Å². The van der Waals surface area contributed by atoms with E-state index in [2.05, 4.69) is 0 Å². The van der Waals surface area contributed by atoms with Gasteiger partial charge in [-0.1, -0.05) is 12.1 Å².